The maximum atomic E-state index is 12.8. The first-order chi connectivity index (χ1) is 14.1. The molecule has 1 aliphatic rings. The van der Waals surface area contributed by atoms with Crippen molar-refractivity contribution in [1.29, 1.82) is 0 Å². The number of rotatable bonds is 6. The average molecular weight is 440 g/mol. The first kappa shape index (κ1) is 20.1. The number of hydrogen-bond donors (Lipinski definition) is 1. The zero-order valence-electron chi connectivity index (χ0n) is 15.3. The van der Waals surface area contributed by atoms with Gasteiger partial charge < -0.3 is 15.0 Å². The Labute approximate surface area is 168 Å². The van der Waals surface area contributed by atoms with Crippen LogP contribution >= 0.6 is 0 Å². The van der Waals surface area contributed by atoms with Gasteiger partial charge in [0.05, 0.1) is 15.5 Å². The molecule has 0 saturated heterocycles. The lowest BCUT2D eigenvalue weighted by Crippen LogP contribution is -2.17. The highest BCUT2D eigenvalue weighted by molar-refractivity contribution is 7.91. The fourth-order valence-electron chi connectivity index (χ4n) is 2.76. The lowest BCUT2D eigenvalue weighted by Gasteiger charge is -2.10. The van der Waals surface area contributed by atoms with E-state index in [1.807, 2.05) is 0 Å². The van der Waals surface area contributed by atoms with Gasteiger partial charge in [-0.15, -0.1) is 13.2 Å². The third-order valence-electron chi connectivity index (χ3n) is 4.41. The van der Waals surface area contributed by atoms with Crippen LogP contribution in [-0.2, 0) is 16.3 Å². The molecule has 0 unspecified atom stereocenters. The predicted octanol–water partition coefficient (Wildman–Crippen LogP) is 3.40. The molecule has 0 spiro atoms. The number of ether oxygens (including phenoxy) is 1. The van der Waals surface area contributed by atoms with E-state index in [0.29, 0.717) is 18.2 Å². The summed E-state index contributed by atoms with van der Waals surface area (Å²) in [6.07, 6.45) is -0.849. The van der Waals surface area contributed by atoms with Crippen LogP contribution in [0.4, 0.5) is 18.9 Å². The number of alkyl halides is 3. The van der Waals surface area contributed by atoms with E-state index in [9.17, 15) is 21.6 Å². The topological polar surface area (TPSA) is 121 Å². The maximum absolute atomic E-state index is 12.8. The van der Waals surface area contributed by atoms with Crippen LogP contribution in [0.1, 0.15) is 18.7 Å². The van der Waals surface area contributed by atoms with Gasteiger partial charge in [0.25, 0.3) is 5.89 Å². The molecule has 0 bridgehead atoms. The van der Waals surface area contributed by atoms with Crippen LogP contribution in [0.2, 0.25) is 0 Å². The standard InChI is InChI=1S/C18H15F3N4O4S/c19-18(20,21)28-11-3-5-12(6-4-11)30(26,27)13-8-14(22)16(23-9-13)17-24-15(25-29-17)7-10-1-2-10/h3-6,8-10H,1-2,7,22H2. The summed E-state index contributed by atoms with van der Waals surface area (Å²) < 4.78 is 71.2. The molecule has 0 atom stereocenters. The van der Waals surface area contributed by atoms with Crippen molar-refractivity contribution in [3.8, 4) is 17.3 Å². The number of nitrogen functional groups attached to an aromatic ring is 1. The molecule has 2 heterocycles. The lowest BCUT2D eigenvalue weighted by atomic mass is 10.3. The number of anilines is 1. The smallest absolute Gasteiger partial charge is 0.406 e. The van der Waals surface area contributed by atoms with Gasteiger partial charge >= 0.3 is 6.36 Å². The second-order valence-corrected chi connectivity index (χ2v) is 8.74. The molecule has 12 heteroatoms. The largest absolute Gasteiger partial charge is 0.573 e. The fraction of sp³-hybridized carbons (Fsp3) is 0.278. The third kappa shape index (κ3) is 4.37. The predicted molar refractivity (Wildman–Crippen MR) is 96.9 cm³/mol. The summed E-state index contributed by atoms with van der Waals surface area (Å²) in [7, 11) is -4.07. The number of nitrogens with two attached hydrogens (primary N) is 1. The van der Waals surface area contributed by atoms with Crippen LogP contribution < -0.4 is 10.5 Å². The van der Waals surface area contributed by atoms with Gasteiger partial charge in [-0.05, 0) is 49.1 Å². The SMILES string of the molecule is Nc1cc(S(=O)(=O)c2ccc(OC(F)(F)F)cc2)cnc1-c1nc(CC2CC2)no1. The number of benzene rings is 1. The van der Waals surface area contributed by atoms with Crippen molar-refractivity contribution < 1.29 is 30.8 Å². The zero-order valence-corrected chi connectivity index (χ0v) is 16.1. The summed E-state index contributed by atoms with van der Waals surface area (Å²) in [5.74, 6) is 0.640. The van der Waals surface area contributed by atoms with E-state index in [4.69, 9.17) is 10.3 Å². The molecular weight excluding hydrogens is 425 g/mol. The minimum atomic E-state index is -4.87. The molecule has 30 heavy (non-hydrogen) atoms. The van der Waals surface area contributed by atoms with Crippen LogP contribution in [0.5, 0.6) is 5.75 Å². The van der Waals surface area contributed by atoms with E-state index in [0.717, 1.165) is 43.3 Å². The van der Waals surface area contributed by atoms with Crippen molar-refractivity contribution in [2.45, 2.75) is 35.4 Å². The fourth-order valence-corrected chi connectivity index (χ4v) is 4.00. The van der Waals surface area contributed by atoms with E-state index < -0.39 is 21.9 Å². The number of halogens is 3. The van der Waals surface area contributed by atoms with Gasteiger partial charge in [-0.2, -0.15) is 4.98 Å². The van der Waals surface area contributed by atoms with Crippen molar-refractivity contribution in [1.82, 2.24) is 15.1 Å². The Balaban J connectivity index is 1.57. The Kier molecular flexibility index (Phi) is 4.88. The maximum Gasteiger partial charge on any atom is 0.573 e. The molecule has 0 amide bonds. The quantitative estimate of drug-likeness (QED) is 0.619. The molecule has 0 radical (unpaired) electrons. The summed E-state index contributed by atoms with van der Waals surface area (Å²) in [6.45, 7) is 0. The molecule has 1 fully saturated rings. The Morgan fingerprint density at radius 2 is 1.87 bits per heavy atom. The number of aromatic nitrogens is 3. The van der Waals surface area contributed by atoms with Crippen molar-refractivity contribution in [2.75, 3.05) is 5.73 Å². The summed E-state index contributed by atoms with van der Waals surface area (Å²) in [5, 5.41) is 3.87. The van der Waals surface area contributed by atoms with Crippen LogP contribution in [0.3, 0.4) is 0 Å². The lowest BCUT2D eigenvalue weighted by molar-refractivity contribution is -0.274. The number of sulfone groups is 1. The molecule has 8 nitrogen and oxygen atoms in total. The molecule has 158 valence electrons. The molecule has 2 N–H and O–H groups in total. The van der Waals surface area contributed by atoms with Gasteiger partial charge in [0.1, 0.15) is 5.75 Å². The summed E-state index contributed by atoms with van der Waals surface area (Å²) >= 11 is 0. The summed E-state index contributed by atoms with van der Waals surface area (Å²) in [4.78, 5) is 7.80. The van der Waals surface area contributed by atoms with E-state index in [1.165, 1.54) is 6.07 Å². The normalized spacial score (nSPS) is 14.6. The van der Waals surface area contributed by atoms with E-state index in [2.05, 4.69) is 19.9 Å². The van der Waals surface area contributed by atoms with E-state index in [1.54, 1.807) is 0 Å². The van der Waals surface area contributed by atoms with Crippen LogP contribution in [-0.4, -0.2) is 29.9 Å². The van der Waals surface area contributed by atoms with Gasteiger partial charge in [0.15, 0.2) is 11.5 Å². The Hall–Kier alpha value is -3.15. The van der Waals surface area contributed by atoms with Gasteiger partial charge in [-0.25, -0.2) is 13.4 Å². The Morgan fingerprint density at radius 1 is 1.17 bits per heavy atom. The minimum absolute atomic E-state index is 0.00900. The van der Waals surface area contributed by atoms with Crippen LogP contribution in [0.15, 0.2) is 50.8 Å². The first-order valence-corrected chi connectivity index (χ1v) is 10.3. The Bertz CT molecular complexity index is 1170. The molecule has 3 aromatic rings. The van der Waals surface area contributed by atoms with Crippen molar-refractivity contribution in [3.63, 3.8) is 0 Å². The zero-order chi connectivity index (χ0) is 21.5. The average Bonchev–Trinajstić information content (AvgIpc) is 3.36. The molecule has 1 aliphatic carbocycles. The van der Waals surface area contributed by atoms with Crippen LogP contribution in [0.25, 0.3) is 11.6 Å². The Morgan fingerprint density at radius 3 is 2.47 bits per heavy atom. The third-order valence-corrected chi connectivity index (χ3v) is 6.15. The number of pyridine rings is 1. The summed E-state index contributed by atoms with van der Waals surface area (Å²) in [6, 6.07) is 5.00. The molecule has 2 aromatic heterocycles. The molecule has 0 aliphatic heterocycles. The number of nitrogens with zero attached hydrogens (tertiary/aromatic N) is 3. The van der Waals surface area contributed by atoms with Gasteiger partial charge in [-0.1, -0.05) is 5.16 Å². The second-order valence-electron chi connectivity index (χ2n) is 6.79. The van der Waals surface area contributed by atoms with E-state index >= 15 is 0 Å². The monoisotopic (exact) mass is 440 g/mol. The second kappa shape index (κ2) is 7.27. The van der Waals surface area contributed by atoms with E-state index in [-0.39, 0.29) is 27.1 Å². The minimum Gasteiger partial charge on any atom is -0.406 e. The first-order valence-electron chi connectivity index (χ1n) is 8.81. The highest BCUT2D eigenvalue weighted by atomic mass is 32.2. The molecule has 1 saturated carbocycles. The van der Waals surface area contributed by atoms with Gasteiger partial charge in [-0.3, -0.25) is 0 Å². The summed E-state index contributed by atoms with van der Waals surface area (Å²) in [5.41, 5.74) is 6.10. The van der Waals surface area contributed by atoms with Crippen molar-refractivity contribution >= 4 is 15.5 Å². The molecule has 4 rings (SSSR count). The van der Waals surface area contributed by atoms with Gasteiger partial charge in [0.2, 0.25) is 9.84 Å². The number of hydrogen-bond acceptors (Lipinski definition) is 8. The molecular formula is C18H15F3N4O4S. The highest BCUT2D eigenvalue weighted by Crippen LogP contribution is 2.33. The molecule has 1 aromatic carbocycles. The van der Waals surface area contributed by atoms with Crippen molar-refractivity contribution in [3.05, 3.63) is 42.4 Å². The highest BCUT2D eigenvalue weighted by Gasteiger charge is 2.31. The van der Waals surface area contributed by atoms with Crippen LogP contribution in [0, 0.1) is 5.92 Å². The van der Waals surface area contributed by atoms with Crippen molar-refractivity contribution in [2.24, 2.45) is 5.92 Å². The van der Waals surface area contributed by atoms with Gasteiger partial charge in [0, 0.05) is 12.6 Å².